The van der Waals surface area contributed by atoms with Gasteiger partial charge in [-0.1, -0.05) is 0 Å². The lowest BCUT2D eigenvalue weighted by atomic mass is 10.1. The Kier molecular flexibility index (Phi) is 3.66. The second-order valence-corrected chi connectivity index (χ2v) is 6.40. The van der Waals surface area contributed by atoms with Crippen molar-refractivity contribution in [2.45, 2.75) is 39.2 Å². The van der Waals surface area contributed by atoms with E-state index in [1.54, 1.807) is 17.7 Å². The highest BCUT2D eigenvalue weighted by Gasteiger charge is 2.14. The normalized spacial score (nSPS) is 19.2. The SMILES string of the molecule is Cc1sc2ncnc(NCC[C@H]3CCCN3)c2c1C. The molecule has 0 spiro atoms. The van der Waals surface area contributed by atoms with E-state index in [1.807, 2.05) is 0 Å². The van der Waals surface area contributed by atoms with Crippen molar-refractivity contribution in [1.82, 2.24) is 15.3 Å². The van der Waals surface area contributed by atoms with Gasteiger partial charge in [-0.25, -0.2) is 9.97 Å². The number of nitrogens with one attached hydrogen (secondary N) is 2. The first-order valence-corrected chi connectivity index (χ1v) is 7.75. The minimum atomic E-state index is 0.676. The van der Waals surface area contributed by atoms with Crippen LogP contribution in [0.3, 0.4) is 0 Å². The van der Waals surface area contributed by atoms with E-state index in [9.17, 15) is 0 Å². The number of rotatable bonds is 4. The van der Waals surface area contributed by atoms with Crippen molar-refractivity contribution in [3.8, 4) is 0 Å². The maximum absolute atomic E-state index is 4.41. The van der Waals surface area contributed by atoms with Gasteiger partial charge in [-0.3, -0.25) is 0 Å². The zero-order valence-electron chi connectivity index (χ0n) is 11.5. The molecule has 5 heteroatoms. The fourth-order valence-electron chi connectivity index (χ4n) is 2.68. The van der Waals surface area contributed by atoms with Crippen molar-refractivity contribution in [3.63, 3.8) is 0 Å². The first-order valence-electron chi connectivity index (χ1n) is 6.93. The minimum Gasteiger partial charge on any atom is -0.369 e. The third-order valence-corrected chi connectivity index (χ3v) is 5.03. The van der Waals surface area contributed by atoms with Crippen LogP contribution in [0, 0.1) is 13.8 Å². The second-order valence-electron chi connectivity index (χ2n) is 5.19. The number of hydrogen-bond donors (Lipinski definition) is 2. The maximum atomic E-state index is 4.41. The lowest BCUT2D eigenvalue weighted by molar-refractivity contribution is 0.574. The summed E-state index contributed by atoms with van der Waals surface area (Å²) in [5, 5.41) is 8.21. The average molecular weight is 276 g/mol. The van der Waals surface area contributed by atoms with Gasteiger partial charge < -0.3 is 10.6 Å². The molecule has 102 valence electrons. The molecule has 0 radical (unpaired) electrons. The predicted octanol–water partition coefficient (Wildman–Crippen LogP) is 2.86. The van der Waals surface area contributed by atoms with Gasteiger partial charge in [0.2, 0.25) is 0 Å². The fourth-order valence-corrected chi connectivity index (χ4v) is 3.68. The monoisotopic (exact) mass is 276 g/mol. The molecule has 1 aliphatic heterocycles. The maximum Gasteiger partial charge on any atom is 0.138 e. The van der Waals surface area contributed by atoms with Gasteiger partial charge in [0.1, 0.15) is 17.0 Å². The van der Waals surface area contributed by atoms with E-state index in [-0.39, 0.29) is 0 Å². The van der Waals surface area contributed by atoms with E-state index in [0.717, 1.165) is 23.6 Å². The molecule has 4 nitrogen and oxygen atoms in total. The molecule has 2 aromatic heterocycles. The molecule has 0 saturated carbocycles. The first kappa shape index (κ1) is 12.8. The van der Waals surface area contributed by atoms with Crippen molar-refractivity contribution in [1.29, 1.82) is 0 Å². The highest BCUT2D eigenvalue weighted by molar-refractivity contribution is 7.18. The number of hydrogen-bond acceptors (Lipinski definition) is 5. The molecule has 1 atom stereocenters. The summed E-state index contributed by atoms with van der Waals surface area (Å²) in [6, 6.07) is 0.676. The molecule has 1 saturated heterocycles. The Hall–Kier alpha value is -1.20. The Morgan fingerprint density at radius 3 is 3.11 bits per heavy atom. The van der Waals surface area contributed by atoms with Gasteiger partial charge in [-0.05, 0) is 45.2 Å². The summed E-state index contributed by atoms with van der Waals surface area (Å²) in [5.74, 6) is 0.991. The van der Waals surface area contributed by atoms with E-state index in [0.29, 0.717) is 6.04 Å². The van der Waals surface area contributed by atoms with Gasteiger partial charge in [0.05, 0.1) is 5.39 Å². The van der Waals surface area contributed by atoms with Gasteiger partial charge in [0.25, 0.3) is 0 Å². The number of anilines is 1. The first-order chi connectivity index (χ1) is 9.25. The molecule has 19 heavy (non-hydrogen) atoms. The van der Waals surface area contributed by atoms with Crippen molar-refractivity contribution in [2.75, 3.05) is 18.4 Å². The zero-order valence-corrected chi connectivity index (χ0v) is 12.3. The largest absolute Gasteiger partial charge is 0.369 e. The Labute approximate surface area is 117 Å². The van der Waals surface area contributed by atoms with Crippen LogP contribution in [-0.4, -0.2) is 29.1 Å². The highest BCUT2D eigenvalue weighted by Crippen LogP contribution is 2.32. The molecule has 0 unspecified atom stereocenters. The van der Waals surface area contributed by atoms with Crippen LogP contribution in [-0.2, 0) is 0 Å². The van der Waals surface area contributed by atoms with Crippen LogP contribution < -0.4 is 10.6 Å². The van der Waals surface area contributed by atoms with Gasteiger partial charge in [-0.2, -0.15) is 0 Å². The second kappa shape index (κ2) is 5.43. The molecule has 0 aliphatic carbocycles. The van der Waals surface area contributed by atoms with Gasteiger partial charge >= 0.3 is 0 Å². The van der Waals surface area contributed by atoms with Crippen molar-refractivity contribution >= 4 is 27.4 Å². The molecule has 0 bridgehead atoms. The van der Waals surface area contributed by atoms with Crippen LogP contribution in [0.25, 0.3) is 10.2 Å². The molecule has 0 aromatic carbocycles. The van der Waals surface area contributed by atoms with E-state index in [1.165, 1.54) is 35.2 Å². The summed E-state index contributed by atoms with van der Waals surface area (Å²) in [4.78, 5) is 11.2. The van der Waals surface area contributed by atoms with Crippen LogP contribution in [0.15, 0.2) is 6.33 Å². The number of aromatic nitrogens is 2. The number of nitrogens with zero attached hydrogens (tertiary/aromatic N) is 2. The minimum absolute atomic E-state index is 0.676. The van der Waals surface area contributed by atoms with Crippen LogP contribution in [0.1, 0.15) is 29.7 Å². The predicted molar refractivity (Wildman–Crippen MR) is 81.0 cm³/mol. The summed E-state index contributed by atoms with van der Waals surface area (Å²) in [6.45, 7) is 6.44. The van der Waals surface area contributed by atoms with Crippen LogP contribution in [0.5, 0.6) is 0 Å². The quantitative estimate of drug-likeness (QED) is 0.901. The average Bonchev–Trinajstić information content (AvgIpc) is 3.00. The Bertz CT molecular complexity index is 572. The van der Waals surface area contributed by atoms with Crippen LogP contribution in [0.4, 0.5) is 5.82 Å². The number of thiophene rings is 1. The molecule has 2 N–H and O–H groups in total. The van der Waals surface area contributed by atoms with E-state index in [4.69, 9.17) is 0 Å². The highest BCUT2D eigenvalue weighted by atomic mass is 32.1. The third-order valence-electron chi connectivity index (χ3n) is 3.91. The Balaban J connectivity index is 1.73. The standard InChI is InChI=1S/C14H20N4S/c1-9-10(2)19-14-12(9)13(17-8-18-14)16-7-5-11-4-3-6-15-11/h8,11,15H,3-7H2,1-2H3,(H,16,17,18)/t11-/m1/s1. The van der Waals surface area contributed by atoms with Crippen molar-refractivity contribution in [2.24, 2.45) is 0 Å². The molecular weight excluding hydrogens is 256 g/mol. The van der Waals surface area contributed by atoms with Gasteiger partial charge in [0.15, 0.2) is 0 Å². The van der Waals surface area contributed by atoms with Gasteiger partial charge in [-0.15, -0.1) is 11.3 Å². The van der Waals surface area contributed by atoms with E-state index >= 15 is 0 Å². The van der Waals surface area contributed by atoms with Gasteiger partial charge in [0, 0.05) is 17.5 Å². The molecule has 2 aromatic rings. The lowest BCUT2D eigenvalue weighted by Crippen LogP contribution is -2.24. The summed E-state index contributed by atoms with van der Waals surface area (Å²) in [6.07, 6.45) is 5.43. The molecule has 3 heterocycles. The number of aryl methyl sites for hydroxylation is 2. The lowest BCUT2D eigenvalue weighted by Gasteiger charge is -2.11. The molecule has 3 rings (SSSR count). The summed E-state index contributed by atoms with van der Waals surface area (Å²) < 4.78 is 0. The summed E-state index contributed by atoms with van der Waals surface area (Å²) in [5.41, 5.74) is 1.31. The molecule has 1 aliphatic rings. The molecule has 1 fully saturated rings. The Morgan fingerprint density at radius 2 is 2.32 bits per heavy atom. The van der Waals surface area contributed by atoms with E-state index < -0.39 is 0 Å². The van der Waals surface area contributed by atoms with E-state index in [2.05, 4.69) is 34.4 Å². The van der Waals surface area contributed by atoms with Crippen LogP contribution >= 0.6 is 11.3 Å². The summed E-state index contributed by atoms with van der Waals surface area (Å²) in [7, 11) is 0. The van der Waals surface area contributed by atoms with Crippen LogP contribution in [0.2, 0.25) is 0 Å². The zero-order chi connectivity index (χ0) is 13.2. The molecular formula is C14H20N4S. The Morgan fingerprint density at radius 1 is 1.42 bits per heavy atom. The fraction of sp³-hybridized carbons (Fsp3) is 0.571. The topological polar surface area (TPSA) is 49.8 Å². The smallest absolute Gasteiger partial charge is 0.138 e. The van der Waals surface area contributed by atoms with Crippen molar-refractivity contribution < 1.29 is 0 Å². The summed E-state index contributed by atoms with van der Waals surface area (Å²) >= 11 is 1.75. The third kappa shape index (κ3) is 2.58. The van der Waals surface area contributed by atoms with Crippen molar-refractivity contribution in [3.05, 3.63) is 16.8 Å². The molecule has 0 amide bonds. The number of fused-ring (bicyclic) bond motifs is 1.